The van der Waals surface area contributed by atoms with Crippen molar-refractivity contribution in [3.63, 3.8) is 0 Å². The van der Waals surface area contributed by atoms with E-state index in [1.807, 2.05) is 24.3 Å². The Morgan fingerprint density at radius 1 is 1.10 bits per heavy atom. The van der Waals surface area contributed by atoms with E-state index in [1.54, 1.807) is 19.5 Å². The van der Waals surface area contributed by atoms with Crippen molar-refractivity contribution in [3.8, 4) is 22.9 Å². The fourth-order valence-electron chi connectivity index (χ4n) is 2.39. The van der Waals surface area contributed by atoms with Crippen LogP contribution < -0.4 is 14.8 Å². The quantitative estimate of drug-likeness (QED) is 0.934. The molecule has 0 unspecified atom stereocenters. The SMILES string of the molecule is COc1cccc(-c2ncc(OC3CCNCC3)cn2)c1. The Bertz CT molecular complexity index is 580. The van der Waals surface area contributed by atoms with Gasteiger partial charge in [0.2, 0.25) is 0 Å². The van der Waals surface area contributed by atoms with Gasteiger partial charge >= 0.3 is 0 Å². The Kier molecular flexibility index (Phi) is 4.31. The summed E-state index contributed by atoms with van der Waals surface area (Å²) in [4.78, 5) is 8.77. The Morgan fingerprint density at radius 2 is 1.86 bits per heavy atom. The predicted octanol–water partition coefficient (Wildman–Crippen LogP) is 2.28. The van der Waals surface area contributed by atoms with Gasteiger partial charge in [-0.15, -0.1) is 0 Å². The minimum Gasteiger partial charge on any atom is -0.497 e. The van der Waals surface area contributed by atoms with Crippen molar-refractivity contribution < 1.29 is 9.47 Å². The molecular weight excluding hydrogens is 266 g/mol. The van der Waals surface area contributed by atoms with Crippen LogP contribution in [0.25, 0.3) is 11.4 Å². The van der Waals surface area contributed by atoms with Gasteiger partial charge in [-0.3, -0.25) is 0 Å². The number of rotatable bonds is 4. The standard InChI is InChI=1S/C16H19N3O2/c1-20-14-4-2-3-12(9-14)16-18-10-15(11-19-16)21-13-5-7-17-8-6-13/h2-4,9-11,13,17H,5-8H2,1H3. The molecule has 0 aliphatic carbocycles. The molecule has 1 saturated heterocycles. The second kappa shape index (κ2) is 6.54. The van der Waals surface area contributed by atoms with Crippen molar-refractivity contribution in [2.24, 2.45) is 0 Å². The van der Waals surface area contributed by atoms with Crippen LogP contribution >= 0.6 is 0 Å². The number of hydrogen-bond donors (Lipinski definition) is 1. The Hall–Kier alpha value is -2.14. The topological polar surface area (TPSA) is 56.3 Å². The second-order valence-electron chi connectivity index (χ2n) is 5.04. The molecule has 1 N–H and O–H groups in total. The maximum atomic E-state index is 5.90. The fourth-order valence-corrected chi connectivity index (χ4v) is 2.39. The number of ether oxygens (including phenoxy) is 2. The largest absolute Gasteiger partial charge is 0.497 e. The first-order chi connectivity index (χ1) is 10.3. The molecule has 1 fully saturated rings. The maximum absolute atomic E-state index is 5.90. The summed E-state index contributed by atoms with van der Waals surface area (Å²) in [5.41, 5.74) is 0.933. The number of hydrogen-bond acceptors (Lipinski definition) is 5. The second-order valence-corrected chi connectivity index (χ2v) is 5.04. The van der Waals surface area contributed by atoms with Crippen LogP contribution in [0.3, 0.4) is 0 Å². The maximum Gasteiger partial charge on any atom is 0.159 e. The third-order valence-electron chi connectivity index (χ3n) is 3.55. The third-order valence-corrected chi connectivity index (χ3v) is 3.55. The Labute approximate surface area is 124 Å². The minimum absolute atomic E-state index is 0.262. The van der Waals surface area contributed by atoms with Gasteiger partial charge in [0.25, 0.3) is 0 Å². The summed E-state index contributed by atoms with van der Waals surface area (Å²) < 4.78 is 11.1. The van der Waals surface area contributed by atoms with Crippen molar-refractivity contribution >= 4 is 0 Å². The van der Waals surface area contributed by atoms with Crippen molar-refractivity contribution in [1.29, 1.82) is 0 Å². The summed E-state index contributed by atoms with van der Waals surface area (Å²) >= 11 is 0. The van der Waals surface area contributed by atoms with Gasteiger partial charge in [-0.2, -0.15) is 0 Å². The molecule has 2 heterocycles. The molecule has 0 saturated carbocycles. The highest BCUT2D eigenvalue weighted by Crippen LogP contribution is 2.22. The summed E-state index contributed by atoms with van der Waals surface area (Å²) in [6.45, 7) is 2.01. The predicted molar refractivity (Wildman–Crippen MR) is 80.5 cm³/mol. The first-order valence-corrected chi connectivity index (χ1v) is 7.19. The van der Waals surface area contributed by atoms with Crippen LogP contribution in [-0.2, 0) is 0 Å². The lowest BCUT2D eigenvalue weighted by atomic mass is 10.1. The number of nitrogens with one attached hydrogen (secondary N) is 1. The molecule has 2 aromatic rings. The molecule has 1 aromatic carbocycles. The van der Waals surface area contributed by atoms with Crippen LogP contribution in [-0.4, -0.2) is 36.3 Å². The number of methoxy groups -OCH3 is 1. The summed E-state index contributed by atoms with van der Waals surface area (Å²) in [5, 5.41) is 3.32. The summed E-state index contributed by atoms with van der Waals surface area (Å²) in [6, 6.07) is 7.71. The molecule has 1 aliphatic rings. The molecule has 0 spiro atoms. The third kappa shape index (κ3) is 3.49. The number of aromatic nitrogens is 2. The first kappa shape index (κ1) is 13.8. The Balaban J connectivity index is 1.70. The van der Waals surface area contributed by atoms with Crippen molar-refractivity contribution in [2.75, 3.05) is 20.2 Å². The van der Waals surface area contributed by atoms with Gasteiger partial charge in [0.1, 0.15) is 11.9 Å². The van der Waals surface area contributed by atoms with E-state index in [9.17, 15) is 0 Å². The highest BCUT2D eigenvalue weighted by atomic mass is 16.5. The lowest BCUT2D eigenvalue weighted by Gasteiger charge is -2.23. The molecule has 5 nitrogen and oxygen atoms in total. The molecule has 0 atom stereocenters. The van der Waals surface area contributed by atoms with E-state index in [2.05, 4.69) is 15.3 Å². The van der Waals surface area contributed by atoms with E-state index >= 15 is 0 Å². The van der Waals surface area contributed by atoms with E-state index in [0.29, 0.717) is 5.82 Å². The monoisotopic (exact) mass is 285 g/mol. The van der Waals surface area contributed by atoms with Gasteiger partial charge in [-0.05, 0) is 38.1 Å². The minimum atomic E-state index is 0.262. The molecule has 3 rings (SSSR count). The number of benzene rings is 1. The van der Waals surface area contributed by atoms with E-state index < -0.39 is 0 Å². The van der Waals surface area contributed by atoms with Gasteiger partial charge in [0, 0.05) is 5.56 Å². The van der Waals surface area contributed by atoms with Crippen LogP contribution in [0.4, 0.5) is 0 Å². The van der Waals surface area contributed by atoms with Gasteiger partial charge in [-0.25, -0.2) is 9.97 Å². The first-order valence-electron chi connectivity index (χ1n) is 7.19. The highest BCUT2D eigenvalue weighted by molar-refractivity contribution is 5.57. The number of nitrogens with zero attached hydrogens (tertiary/aromatic N) is 2. The van der Waals surface area contributed by atoms with Crippen LogP contribution in [0.5, 0.6) is 11.5 Å². The van der Waals surface area contributed by atoms with E-state index in [1.165, 1.54) is 0 Å². The summed E-state index contributed by atoms with van der Waals surface area (Å²) in [5.74, 6) is 2.20. The zero-order chi connectivity index (χ0) is 14.5. The molecule has 5 heteroatoms. The molecule has 1 aliphatic heterocycles. The molecule has 1 aromatic heterocycles. The van der Waals surface area contributed by atoms with Crippen LogP contribution in [0.15, 0.2) is 36.7 Å². The van der Waals surface area contributed by atoms with E-state index in [0.717, 1.165) is 43.0 Å². The average Bonchev–Trinajstić information content (AvgIpc) is 2.56. The normalized spacial score (nSPS) is 15.7. The van der Waals surface area contributed by atoms with Crippen LogP contribution in [0.1, 0.15) is 12.8 Å². The molecular formula is C16H19N3O2. The van der Waals surface area contributed by atoms with Gasteiger partial charge in [-0.1, -0.05) is 12.1 Å². The molecule has 110 valence electrons. The van der Waals surface area contributed by atoms with E-state index in [4.69, 9.17) is 9.47 Å². The van der Waals surface area contributed by atoms with Crippen LogP contribution in [0, 0.1) is 0 Å². The van der Waals surface area contributed by atoms with Gasteiger partial charge < -0.3 is 14.8 Å². The zero-order valence-corrected chi connectivity index (χ0v) is 12.1. The van der Waals surface area contributed by atoms with Gasteiger partial charge in [0.15, 0.2) is 11.6 Å². The lowest BCUT2D eigenvalue weighted by molar-refractivity contribution is 0.161. The molecule has 0 radical (unpaired) electrons. The van der Waals surface area contributed by atoms with Crippen molar-refractivity contribution in [2.45, 2.75) is 18.9 Å². The van der Waals surface area contributed by atoms with Crippen LogP contribution in [0.2, 0.25) is 0 Å². The molecule has 0 amide bonds. The zero-order valence-electron chi connectivity index (χ0n) is 12.1. The lowest BCUT2D eigenvalue weighted by Crippen LogP contribution is -2.34. The smallest absolute Gasteiger partial charge is 0.159 e. The van der Waals surface area contributed by atoms with Crippen molar-refractivity contribution in [1.82, 2.24) is 15.3 Å². The average molecular weight is 285 g/mol. The highest BCUT2D eigenvalue weighted by Gasteiger charge is 2.14. The number of piperidine rings is 1. The summed E-state index contributed by atoms with van der Waals surface area (Å²) in [7, 11) is 1.65. The fraction of sp³-hybridized carbons (Fsp3) is 0.375. The van der Waals surface area contributed by atoms with Gasteiger partial charge in [0.05, 0.1) is 19.5 Å². The summed E-state index contributed by atoms with van der Waals surface area (Å²) in [6.07, 6.45) is 5.79. The Morgan fingerprint density at radius 3 is 2.57 bits per heavy atom. The molecule has 21 heavy (non-hydrogen) atoms. The molecule has 0 bridgehead atoms. The van der Waals surface area contributed by atoms with E-state index in [-0.39, 0.29) is 6.10 Å². The van der Waals surface area contributed by atoms with Crippen molar-refractivity contribution in [3.05, 3.63) is 36.7 Å².